The van der Waals surface area contributed by atoms with Gasteiger partial charge in [0.05, 0.1) is 30.0 Å². The summed E-state index contributed by atoms with van der Waals surface area (Å²) in [5, 5.41) is 7.07. The number of fused-ring (bicyclic) bond motifs is 2. The summed E-state index contributed by atoms with van der Waals surface area (Å²) in [5.74, 6) is -1.32. The number of aryl methyl sites for hydroxylation is 1. The van der Waals surface area contributed by atoms with Gasteiger partial charge >= 0.3 is 0 Å². The maximum atomic E-state index is 13.6. The standard InChI is InChI=1S/C31H35Cl2N5O5.C9H12/c1-17(2)43-27-7-4-18(8-25(27)33)31(42)38-14-20-13-37(16-24(23(20)15-38)30(41)36-12-28(39)34-3)29(40)9-19-11-35-26-10-21(32)5-6-22(19)26;1-2-6-9-7-4-3-5-8-9/h4-8,10-11,17,20,23-24,35H,9,12-16H2,1-3H3,(H,34,39)(H,36,41);3-5,7-8H,2,6H2,1H3. The molecule has 0 bridgehead atoms. The van der Waals surface area contributed by atoms with E-state index in [1.807, 2.05) is 26.0 Å². The van der Waals surface area contributed by atoms with Gasteiger partial charge in [-0.2, -0.15) is 0 Å². The summed E-state index contributed by atoms with van der Waals surface area (Å²) >= 11 is 12.5. The molecule has 1 aromatic heterocycles. The smallest absolute Gasteiger partial charge is 0.253 e. The lowest BCUT2D eigenvalue weighted by Crippen LogP contribution is -2.54. The zero-order valence-corrected chi connectivity index (χ0v) is 31.6. The molecule has 0 saturated carbocycles. The number of nitrogens with one attached hydrogen (secondary N) is 3. The number of rotatable bonds is 10. The van der Waals surface area contributed by atoms with Crippen LogP contribution < -0.4 is 15.4 Å². The van der Waals surface area contributed by atoms with Gasteiger partial charge < -0.3 is 30.2 Å². The van der Waals surface area contributed by atoms with Crippen molar-refractivity contribution < 1.29 is 23.9 Å². The molecule has 6 rings (SSSR count). The second-order valence-electron chi connectivity index (χ2n) is 13.7. The van der Waals surface area contributed by atoms with Crippen molar-refractivity contribution in [3.05, 3.63) is 99.7 Å². The summed E-state index contributed by atoms with van der Waals surface area (Å²) in [5.41, 5.74) is 3.55. The number of likely N-dealkylation sites (tertiary alicyclic amines) is 2. The van der Waals surface area contributed by atoms with E-state index in [0.29, 0.717) is 41.0 Å². The molecule has 52 heavy (non-hydrogen) atoms. The maximum absolute atomic E-state index is 13.6. The van der Waals surface area contributed by atoms with Crippen molar-refractivity contribution in [3.8, 4) is 5.75 Å². The molecule has 0 spiro atoms. The van der Waals surface area contributed by atoms with Gasteiger partial charge in [-0.1, -0.05) is 72.9 Å². The number of H-pyrrole nitrogens is 1. The number of nitrogens with zero attached hydrogens (tertiary/aromatic N) is 2. The summed E-state index contributed by atoms with van der Waals surface area (Å²) in [6.07, 6.45) is 4.34. The minimum absolute atomic E-state index is 0.0626. The molecule has 0 radical (unpaired) electrons. The van der Waals surface area contributed by atoms with E-state index in [2.05, 4.69) is 52.9 Å². The highest BCUT2D eigenvalue weighted by molar-refractivity contribution is 6.32. The highest BCUT2D eigenvalue weighted by Gasteiger charge is 2.48. The van der Waals surface area contributed by atoms with Crippen LogP contribution >= 0.6 is 23.2 Å². The second kappa shape index (κ2) is 17.8. The van der Waals surface area contributed by atoms with Gasteiger partial charge in [-0.15, -0.1) is 0 Å². The molecule has 0 aliphatic carbocycles. The highest BCUT2D eigenvalue weighted by atomic mass is 35.5. The molecule has 4 amide bonds. The van der Waals surface area contributed by atoms with Gasteiger partial charge in [0.2, 0.25) is 17.7 Å². The Hall–Kier alpha value is -4.54. The Bertz CT molecular complexity index is 1880. The number of piperidine rings is 1. The number of aromatic amines is 1. The van der Waals surface area contributed by atoms with Gasteiger partial charge in [-0.25, -0.2) is 0 Å². The molecule has 4 aromatic rings. The number of aromatic nitrogens is 1. The zero-order chi connectivity index (χ0) is 37.4. The Labute approximate surface area is 315 Å². The molecular weight excluding hydrogens is 701 g/mol. The number of halogens is 2. The van der Waals surface area contributed by atoms with Gasteiger partial charge in [0, 0.05) is 60.9 Å². The van der Waals surface area contributed by atoms with Crippen LogP contribution in [0.15, 0.2) is 72.9 Å². The van der Waals surface area contributed by atoms with Crippen molar-refractivity contribution in [2.24, 2.45) is 17.8 Å². The minimum Gasteiger partial charge on any atom is -0.489 e. The van der Waals surface area contributed by atoms with Gasteiger partial charge in [-0.05, 0) is 73.6 Å². The number of carbonyl (C=O) groups is 4. The predicted octanol–water partition coefficient (Wildman–Crippen LogP) is 6.15. The van der Waals surface area contributed by atoms with Crippen molar-refractivity contribution in [2.75, 3.05) is 39.8 Å². The SMILES string of the molecule is CCCc1ccccc1.CNC(=O)CNC(=O)C1CN(C(=O)Cc2c[nH]c3cc(Cl)ccc23)CC2CN(C(=O)c3ccc(OC(C)C)c(Cl)c3)CC21. The number of amides is 4. The van der Waals surface area contributed by atoms with E-state index in [0.717, 1.165) is 16.5 Å². The van der Waals surface area contributed by atoms with Crippen LogP contribution in [0.3, 0.4) is 0 Å². The van der Waals surface area contributed by atoms with Crippen molar-refractivity contribution in [3.63, 3.8) is 0 Å². The van der Waals surface area contributed by atoms with Crippen molar-refractivity contribution in [1.82, 2.24) is 25.4 Å². The normalized spacial score (nSPS) is 18.0. The van der Waals surface area contributed by atoms with E-state index in [1.54, 1.807) is 40.3 Å². The Kier molecular flexibility index (Phi) is 13.2. The molecule has 276 valence electrons. The van der Waals surface area contributed by atoms with E-state index in [9.17, 15) is 19.2 Å². The van der Waals surface area contributed by atoms with Crippen LogP contribution in [-0.2, 0) is 27.2 Å². The van der Waals surface area contributed by atoms with Crippen molar-refractivity contribution in [1.29, 1.82) is 0 Å². The van der Waals surface area contributed by atoms with E-state index < -0.39 is 5.92 Å². The average Bonchev–Trinajstić information content (AvgIpc) is 3.75. The Morgan fingerprint density at radius 1 is 0.942 bits per heavy atom. The second-order valence-corrected chi connectivity index (χ2v) is 14.5. The molecule has 3 heterocycles. The number of carbonyl (C=O) groups excluding carboxylic acids is 4. The van der Waals surface area contributed by atoms with Crippen LogP contribution in [0.4, 0.5) is 0 Å². The lowest BCUT2D eigenvalue weighted by Gasteiger charge is -2.39. The fourth-order valence-electron chi connectivity index (χ4n) is 6.99. The molecule has 10 nitrogen and oxygen atoms in total. The molecule has 3 N–H and O–H groups in total. The Morgan fingerprint density at radius 3 is 2.38 bits per heavy atom. The van der Waals surface area contributed by atoms with E-state index in [-0.39, 0.29) is 61.1 Å². The maximum Gasteiger partial charge on any atom is 0.253 e. The van der Waals surface area contributed by atoms with Crippen LogP contribution in [0.5, 0.6) is 5.75 Å². The summed E-state index contributed by atoms with van der Waals surface area (Å²) in [6, 6.07) is 21.0. The number of ether oxygens (including phenoxy) is 1. The van der Waals surface area contributed by atoms with Crippen LogP contribution in [0.25, 0.3) is 10.9 Å². The number of likely N-dealkylation sites (N-methyl/N-ethyl adjacent to an activating group) is 1. The first-order valence-electron chi connectivity index (χ1n) is 17.8. The van der Waals surface area contributed by atoms with Gasteiger partial charge in [0.15, 0.2) is 0 Å². The Balaban J connectivity index is 0.000000507. The minimum atomic E-state index is -0.586. The molecular formula is C40H47Cl2N5O5. The first kappa shape index (κ1) is 38.7. The van der Waals surface area contributed by atoms with E-state index in [1.165, 1.54) is 25.5 Å². The van der Waals surface area contributed by atoms with Gasteiger partial charge in [-0.3, -0.25) is 19.2 Å². The van der Waals surface area contributed by atoms with Crippen LogP contribution in [0.2, 0.25) is 10.0 Å². The monoisotopic (exact) mass is 747 g/mol. The number of hydrogen-bond donors (Lipinski definition) is 3. The van der Waals surface area contributed by atoms with Gasteiger partial charge in [0.1, 0.15) is 5.75 Å². The molecule has 12 heteroatoms. The molecule has 2 aliphatic heterocycles. The summed E-state index contributed by atoms with van der Waals surface area (Å²) in [4.78, 5) is 59.0. The lowest BCUT2D eigenvalue weighted by atomic mass is 9.79. The van der Waals surface area contributed by atoms with Crippen LogP contribution in [0, 0.1) is 17.8 Å². The highest BCUT2D eigenvalue weighted by Crippen LogP contribution is 2.37. The van der Waals surface area contributed by atoms with Crippen LogP contribution in [0.1, 0.15) is 48.7 Å². The molecule has 2 saturated heterocycles. The summed E-state index contributed by atoms with van der Waals surface area (Å²) in [7, 11) is 1.50. The first-order chi connectivity index (χ1) is 25.0. The largest absolute Gasteiger partial charge is 0.489 e. The Morgan fingerprint density at radius 2 is 1.69 bits per heavy atom. The quantitative estimate of drug-likeness (QED) is 0.180. The predicted molar refractivity (Wildman–Crippen MR) is 205 cm³/mol. The first-order valence-corrected chi connectivity index (χ1v) is 18.5. The molecule has 3 atom stereocenters. The number of benzene rings is 3. The third kappa shape index (κ3) is 9.66. The number of hydrogen-bond acceptors (Lipinski definition) is 5. The van der Waals surface area contributed by atoms with Crippen LogP contribution in [-0.4, -0.2) is 84.3 Å². The molecule has 2 fully saturated rings. The van der Waals surface area contributed by atoms with Gasteiger partial charge in [0.25, 0.3) is 5.91 Å². The molecule has 2 aliphatic rings. The third-order valence-corrected chi connectivity index (χ3v) is 10.1. The average molecular weight is 749 g/mol. The topological polar surface area (TPSA) is 124 Å². The van der Waals surface area contributed by atoms with Crippen molar-refractivity contribution in [2.45, 2.75) is 46.1 Å². The lowest BCUT2D eigenvalue weighted by molar-refractivity contribution is -0.139. The van der Waals surface area contributed by atoms with Crippen molar-refractivity contribution >= 4 is 57.7 Å². The fourth-order valence-corrected chi connectivity index (χ4v) is 7.39. The van der Waals surface area contributed by atoms with E-state index >= 15 is 0 Å². The zero-order valence-electron chi connectivity index (χ0n) is 30.1. The fraction of sp³-hybridized carbons (Fsp3) is 0.400. The summed E-state index contributed by atoms with van der Waals surface area (Å²) < 4.78 is 5.70. The summed E-state index contributed by atoms with van der Waals surface area (Å²) in [6.45, 7) is 7.19. The third-order valence-electron chi connectivity index (χ3n) is 9.55. The van der Waals surface area contributed by atoms with E-state index in [4.69, 9.17) is 27.9 Å². The molecule has 3 aromatic carbocycles. The molecule has 3 unspecified atom stereocenters.